The monoisotopic (exact) mass is 390 g/mol. The molecule has 156 valence electrons. The van der Waals surface area contributed by atoms with Gasteiger partial charge in [-0.3, -0.25) is 4.79 Å². The first-order chi connectivity index (χ1) is 13.4. The lowest BCUT2D eigenvalue weighted by Crippen LogP contribution is -2.28. The van der Waals surface area contributed by atoms with Crippen LogP contribution in [0.3, 0.4) is 0 Å². The maximum atomic E-state index is 13.9. The molecule has 0 saturated heterocycles. The molecule has 1 aromatic rings. The number of hydrogen-bond donors (Lipinski definition) is 0. The summed E-state index contributed by atoms with van der Waals surface area (Å²) in [7, 11) is 0. The fraction of sp³-hybridized carbons (Fsp3) is 0.720. The van der Waals surface area contributed by atoms with Crippen molar-refractivity contribution < 1.29 is 13.6 Å². The summed E-state index contributed by atoms with van der Waals surface area (Å²) in [5, 5.41) is 0. The van der Waals surface area contributed by atoms with E-state index in [1.807, 2.05) is 12.1 Å². The SMILES string of the molecule is CCCC(F)(F)C(=O)c1ccc(C2CCC([C@H]3CC[C@H](CC)CC3)CC2)cc1. The van der Waals surface area contributed by atoms with Gasteiger partial charge in [-0.1, -0.05) is 57.4 Å². The van der Waals surface area contributed by atoms with Crippen LogP contribution in [0.1, 0.15) is 106 Å². The minimum Gasteiger partial charge on any atom is -0.287 e. The summed E-state index contributed by atoms with van der Waals surface area (Å²) < 4.78 is 27.8. The Morgan fingerprint density at radius 1 is 0.893 bits per heavy atom. The molecule has 0 atom stereocenters. The first-order valence-electron chi connectivity index (χ1n) is 11.5. The van der Waals surface area contributed by atoms with Crippen LogP contribution in [0.4, 0.5) is 8.78 Å². The first kappa shape index (κ1) is 21.5. The van der Waals surface area contributed by atoms with Gasteiger partial charge in [0.2, 0.25) is 5.78 Å². The van der Waals surface area contributed by atoms with E-state index < -0.39 is 11.7 Å². The van der Waals surface area contributed by atoms with Gasteiger partial charge in [0.15, 0.2) is 0 Å². The Morgan fingerprint density at radius 2 is 1.43 bits per heavy atom. The zero-order valence-corrected chi connectivity index (χ0v) is 17.6. The second-order valence-electron chi connectivity index (χ2n) is 9.21. The van der Waals surface area contributed by atoms with Crippen molar-refractivity contribution in [3.63, 3.8) is 0 Å². The van der Waals surface area contributed by atoms with Crippen LogP contribution in [-0.4, -0.2) is 11.7 Å². The number of carbonyl (C=O) groups excluding carboxylic acids is 1. The van der Waals surface area contributed by atoms with E-state index in [9.17, 15) is 13.6 Å². The number of alkyl halides is 2. The lowest BCUT2D eigenvalue weighted by Gasteiger charge is -2.38. The molecule has 0 aliphatic heterocycles. The van der Waals surface area contributed by atoms with Crippen LogP contribution in [-0.2, 0) is 0 Å². The summed E-state index contributed by atoms with van der Waals surface area (Å²) in [6.45, 7) is 4.00. The maximum Gasteiger partial charge on any atom is 0.309 e. The molecule has 3 heteroatoms. The van der Waals surface area contributed by atoms with Gasteiger partial charge in [0.05, 0.1) is 0 Å². The van der Waals surface area contributed by atoms with Crippen molar-refractivity contribution in [3.8, 4) is 0 Å². The van der Waals surface area contributed by atoms with E-state index in [-0.39, 0.29) is 12.0 Å². The predicted molar refractivity (Wildman–Crippen MR) is 111 cm³/mol. The van der Waals surface area contributed by atoms with Crippen molar-refractivity contribution in [1.82, 2.24) is 0 Å². The van der Waals surface area contributed by atoms with Gasteiger partial charge >= 0.3 is 5.92 Å². The third-order valence-corrected chi connectivity index (χ3v) is 7.45. The summed E-state index contributed by atoms with van der Waals surface area (Å²) >= 11 is 0. The molecule has 2 fully saturated rings. The quantitative estimate of drug-likeness (QED) is 0.434. The first-order valence-corrected chi connectivity index (χ1v) is 11.5. The fourth-order valence-electron chi connectivity index (χ4n) is 5.54. The van der Waals surface area contributed by atoms with Gasteiger partial charge in [-0.25, -0.2) is 0 Å². The van der Waals surface area contributed by atoms with E-state index in [4.69, 9.17) is 0 Å². The normalized spacial score (nSPS) is 28.9. The molecule has 2 saturated carbocycles. The number of carbonyl (C=O) groups is 1. The second kappa shape index (κ2) is 9.50. The Bertz CT molecular complexity index is 620. The van der Waals surface area contributed by atoms with Gasteiger partial charge in [-0.15, -0.1) is 0 Å². The number of hydrogen-bond acceptors (Lipinski definition) is 1. The lowest BCUT2D eigenvalue weighted by atomic mass is 9.68. The Morgan fingerprint density at radius 3 is 1.93 bits per heavy atom. The Hall–Kier alpha value is -1.25. The van der Waals surface area contributed by atoms with Crippen LogP contribution in [0.25, 0.3) is 0 Å². The van der Waals surface area contributed by atoms with E-state index in [1.165, 1.54) is 63.4 Å². The van der Waals surface area contributed by atoms with Crippen molar-refractivity contribution in [3.05, 3.63) is 35.4 Å². The van der Waals surface area contributed by atoms with Crippen LogP contribution in [0.5, 0.6) is 0 Å². The minimum atomic E-state index is -3.24. The number of halogens is 2. The number of ketones is 1. The van der Waals surface area contributed by atoms with Crippen molar-refractivity contribution in [2.45, 2.75) is 96.3 Å². The van der Waals surface area contributed by atoms with Crippen LogP contribution < -0.4 is 0 Å². The third-order valence-electron chi connectivity index (χ3n) is 7.45. The van der Waals surface area contributed by atoms with Gasteiger partial charge in [-0.2, -0.15) is 8.78 Å². The van der Waals surface area contributed by atoms with E-state index >= 15 is 0 Å². The lowest BCUT2D eigenvalue weighted by molar-refractivity contribution is 0.00453. The molecule has 0 radical (unpaired) electrons. The van der Waals surface area contributed by atoms with Gasteiger partial charge in [-0.05, 0) is 74.2 Å². The van der Waals surface area contributed by atoms with E-state index in [0.717, 1.165) is 17.8 Å². The number of benzene rings is 1. The highest BCUT2D eigenvalue weighted by atomic mass is 19.3. The van der Waals surface area contributed by atoms with Crippen LogP contribution in [0.2, 0.25) is 0 Å². The Balaban J connectivity index is 1.53. The topological polar surface area (TPSA) is 17.1 Å². The fourth-order valence-corrected chi connectivity index (χ4v) is 5.54. The zero-order chi connectivity index (χ0) is 20.1. The molecule has 0 unspecified atom stereocenters. The van der Waals surface area contributed by atoms with Crippen LogP contribution in [0.15, 0.2) is 24.3 Å². The number of rotatable bonds is 7. The average Bonchev–Trinajstić information content (AvgIpc) is 2.73. The standard InChI is InChI=1S/C25H36F2O/c1-3-17-25(26,27)24(28)23-15-13-22(14-16-23)21-11-9-20(10-12-21)19-7-5-18(4-2)6-8-19/h13-16,18-21H,3-12,17H2,1-2H3/t18-,19-,20?,21?. The highest BCUT2D eigenvalue weighted by molar-refractivity contribution is 6.01. The highest BCUT2D eigenvalue weighted by Gasteiger charge is 2.38. The molecular weight excluding hydrogens is 354 g/mol. The van der Waals surface area contributed by atoms with Gasteiger partial charge in [0, 0.05) is 12.0 Å². The summed E-state index contributed by atoms with van der Waals surface area (Å²) in [5.74, 6) is -1.01. The molecule has 0 bridgehead atoms. The molecule has 1 nitrogen and oxygen atoms in total. The van der Waals surface area contributed by atoms with Crippen molar-refractivity contribution in [2.24, 2.45) is 17.8 Å². The second-order valence-corrected chi connectivity index (χ2v) is 9.21. The maximum absolute atomic E-state index is 13.9. The molecule has 0 heterocycles. The van der Waals surface area contributed by atoms with Crippen LogP contribution >= 0.6 is 0 Å². The Labute approximate surface area is 169 Å². The van der Waals surface area contributed by atoms with Crippen molar-refractivity contribution in [2.75, 3.05) is 0 Å². The van der Waals surface area contributed by atoms with E-state index in [1.54, 1.807) is 19.1 Å². The van der Waals surface area contributed by atoms with E-state index in [2.05, 4.69) is 6.92 Å². The number of Topliss-reactive ketones (excluding diaryl/α,β-unsaturated/α-hetero) is 1. The summed E-state index contributed by atoms with van der Waals surface area (Å²) in [5.41, 5.74) is 1.35. The summed E-state index contributed by atoms with van der Waals surface area (Å²) in [6.07, 6.45) is 11.9. The average molecular weight is 391 g/mol. The zero-order valence-electron chi connectivity index (χ0n) is 17.6. The molecule has 3 rings (SSSR count). The Kier molecular flexibility index (Phi) is 7.28. The van der Waals surface area contributed by atoms with E-state index in [0.29, 0.717) is 12.3 Å². The molecule has 0 N–H and O–H groups in total. The molecule has 2 aliphatic carbocycles. The van der Waals surface area contributed by atoms with Gasteiger partial charge in [0.1, 0.15) is 0 Å². The predicted octanol–water partition coefficient (Wildman–Crippen LogP) is 7.79. The van der Waals surface area contributed by atoms with Crippen molar-refractivity contribution >= 4 is 5.78 Å². The van der Waals surface area contributed by atoms with Crippen molar-refractivity contribution in [1.29, 1.82) is 0 Å². The molecule has 1 aromatic carbocycles. The van der Waals surface area contributed by atoms with Gasteiger partial charge < -0.3 is 0 Å². The van der Waals surface area contributed by atoms with Crippen LogP contribution in [0, 0.1) is 17.8 Å². The molecule has 28 heavy (non-hydrogen) atoms. The largest absolute Gasteiger partial charge is 0.309 e. The smallest absolute Gasteiger partial charge is 0.287 e. The summed E-state index contributed by atoms with van der Waals surface area (Å²) in [6, 6.07) is 7.04. The summed E-state index contributed by atoms with van der Waals surface area (Å²) in [4.78, 5) is 12.1. The third kappa shape index (κ3) is 5.02. The minimum absolute atomic E-state index is 0.142. The molecule has 0 amide bonds. The highest BCUT2D eigenvalue weighted by Crippen LogP contribution is 2.44. The molecule has 0 aromatic heterocycles. The molecular formula is C25H36F2O. The van der Waals surface area contributed by atoms with Gasteiger partial charge in [0.25, 0.3) is 0 Å². The molecule has 0 spiro atoms. The molecule has 2 aliphatic rings.